The van der Waals surface area contributed by atoms with Crippen molar-refractivity contribution < 1.29 is 9.53 Å². The molecule has 4 rings (SSSR count). The number of pyridine rings is 1. The minimum Gasteiger partial charge on any atom is -0.380 e. The molecule has 0 spiro atoms. The summed E-state index contributed by atoms with van der Waals surface area (Å²) in [6.45, 7) is 5.08. The van der Waals surface area contributed by atoms with Gasteiger partial charge in [0.05, 0.1) is 6.61 Å². The molecule has 2 aromatic heterocycles. The fraction of sp³-hybridized carbons (Fsp3) is 0.529. The molecule has 2 fully saturated rings. The Hall–Kier alpha value is -2.32. The number of amides is 1. The number of aromatic nitrogens is 4. The average Bonchev–Trinajstić information content (AvgIpc) is 3.32. The smallest absolute Gasteiger partial charge is 0.272 e. The maximum absolute atomic E-state index is 12.9. The third-order valence-electron chi connectivity index (χ3n) is 4.88. The van der Waals surface area contributed by atoms with Crippen molar-refractivity contribution in [2.75, 3.05) is 39.4 Å². The summed E-state index contributed by atoms with van der Waals surface area (Å²) in [6.07, 6.45) is 5.22. The standard InChI is InChI=1S/C17H22N6O2/c24-17(15-3-1-4-16(20-15)23-12-18-19-13-23)22-7-2-6-21(8-9-22)14-5-10-25-11-14/h1,3-4,12-14H,2,5-11H2. The van der Waals surface area contributed by atoms with E-state index >= 15 is 0 Å². The summed E-state index contributed by atoms with van der Waals surface area (Å²) < 4.78 is 7.19. The molecular weight excluding hydrogens is 320 g/mol. The molecule has 0 bridgehead atoms. The van der Waals surface area contributed by atoms with Gasteiger partial charge in [0, 0.05) is 38.8 Å². The molecule has 8 heteroatoms. The molecule has 0 saturated carbocycles. The van der Waals surface area contributed by atoms with Crippen molar-refractivity contribution >= 4 is 5.91 Å². The van der Waals surface area contributed by atoms with Crippen LogP contribution in [0.15, 0.2) is 30.9 Å². The largest absolute Gasteiger partial charge is 0.380 e. The zero-order valence-corrected chi connectivity index (χ0v) is 14.1. The van der Waals surface area contributed by atoms with Crippen LogP contribution in [0.3, 0.4) is 0 Å². The molecule has 0 aliphatic carbocycles. The van der Waals surface area contributed by atoms with Gasteiger partial charge in [-0.3, -0.25) is 14.3 Å². The van der Waals surface area contributed by atoms with Crippen molar-refractivity contribution in [2.24, 2.45) is 0 Å². The first-order chi connectivity index (χ1) is 12.3. The lowest BCUT2D eigenvalue weighted by molar-refractivity contribution is 0.0750. The molecule has 1 atom stereocenters. The second-order valence-corrected chi connectivity index (χ2v) is 6.45. The van der Waals surface area contributed by atoms with Crippen LogP contribution in [0.5, 0.6) is 0 Å². The van der Waals surface area contributed by atoms with E-state index in [1.165, 1.54) is 0 Å². The molecule has 132 valence electrons. The van der Waals surface area contributed by atoms with Crippen molar-refractivity contribution in [3.8, 4) is 5.82 Å². The van der Waals surface area contributed by atoms with Gasteiger partial charge in [0.25, 0.3) is 5.91 Å². The van der Waals surface area contributed by atoms with Crippen molar-refractivity contribution in [3.63, 3.8) is 0 Å². The Balaban J connectivity index is 1.45. The minimum atomic E-state index is -0.0144. The fourth-order valence-electron chi connectivity index (χ4n) is 3.48. The van der Waals surface area contributed by atoms with Crippen LogP contribution in [0.4, 0.5) is 0 Å². The monoisotopic (exact) mass is 342 g/mol. The molecule has 1 amide bonds. The summed E-state index contributed by atoms with van der Waals surface area (Å²) in [4.78, 5) is 21.7. The predicted octanol–water partition coefficient (Wildman–Crippen LogP) is 0.599. The van der Waals surface area contributed by atoms with Crippen LogP contribution in [0, 0.1) is 0 Å². The first-order valence-corrected chi connectivity index (χ1v) is 8.74. The van der Waals surface area contributed by atoms with E-state index in [1.54, 1.807) is 23.3 Å². The van der Waals surface area contributed by atoms with Crippen molar-refractivity contribution in [1.29, 1.82) is 0 Å². The molecule has 4 heterocycles. The lowest BCUT2D eigenvalue weighted by Gasteiger charge is -2.26. The van der Waals surface area contributed by atoms with E-state index in [2.05, 4.69) is 20.1 Å². The van der Waals surface area contributed by atoms with Gasteiger partial charge in [-0.1, -0.05) is 6.07 Å². The van der Waals surface area contributed by atoms with E-state index in [1.807, 2.05) is 17.0 Å². The molecule has 0 aromatic carbocycles. The zero-order valence-electron chi connectivity index (χ0n) is 14.1. The maximum atomic E-state index is 12.9. The lowest BCUT2D eigenvalue weighted by atomic mass is 10.2. The molecule has 0 N–H and O–H groups in total. The number of hydrogen-bond donors (Lipinski definition) is 0. The second kappa shape index (κ2) is 7.28. The van der Waals surface area contributed by atoms with Crippen molar-refractivity contribution in [3.05, 3.63) is 36.5 Å². The Morgan fingerprint density at radius 2 is 2.00 bits per heavy atom. The van der Waals surface area contributed by atoms with Crippen LogP contribution < -0.4 is 0 Å². The number of hydrogen-bond acceptors (Lipinski definition) is 6. The Morgan fingerprint density at radius 1 is 1.12 bits per heavy atom. The Morgan fingerprint density at radius 3 is 2.80 bits per heavy atom. The Labute approximate surface area is 146 Å². The van der Waals surface area contributed by atoms with Crippen LogP contribution in [0.1, 0.15) is 23.3 Å². The van der Waals surface area contributed by atoms with E-state index in [-0.39, 0.29) is 5.91 Å². The minimum absolute atomic E-state index is 0.0144. The summed E-state index contributed by atoms with van der Waals surface area (Å²) in [6, 6.07) is 5.95. The summed E-state index contributed by atoms with van der Waals surface area (Å²) in [5, 5.41) is 7.57. The van der Waals surface area contributed by atoms with Crippen LogP contribution in [0.2, 0.25) is 0 Å². The van der Waals surface area contributed by atoms with Gasteiger partial charge in [0.1, 0.15) is 24.2 Å². The van der Waals surface area contributed by atoms with E-state index in [9.17, 15) is 4.79 Å². The van der Waals surface area contributed by atoms with Gasteiger partial charge in [-0.25, -0.2) is 4.98 Å². The van der Waals surface area contributed by atoms with E-state index in [0.717, 1.165) is 52.2 Å². The highest BCUT2D eigenvalue weighted by atomic mass is 16.5. The van der Waals surface area contributed by atoms with Gasteiger partial charge in [-0.05, 0) is 25.0 Å². The predicted molar refractivity (Wildman–Crippen MR) is 90.5 cm³/mol. The van der Waals surface area contributed by atoms with Crippen LogP contribution >= 0.6 is 0 Å². The van der Waals surface area contributed by atoms with Gasteiger partial charge >= 0.3 is 0 Å². The summed E-state index contributed by atoms with van der Waals surface area (Å²) in [5.41, 5.74) is 0.462. The summed E-state index contributed by atoms with van der Waals surface area (Å²) >= 11 is 0. The summed E-state index contributed by atoms with van der Waals surface area (Å²) in [5.74, 6) is 0.634. The van der Waals surface area contributed by atoms with E-state index in [4.69, 9.17) is 4.74 Å². The highest BCUT2D eigenvalue weighted by Gasteiger charge is 2.27. The lowest BCUT2D eigenvalue weighted by Crippen LogP contribution is -2.40. The highest BCUT2D eigenvalue weighted by Crippen LogP contribution is 2.16. The van der Waals surface area contributed by atoms with Crippen LogP contribution in [0.25, 0.3) is 5.82 Å². The SMILES string of the molecule is O=C(c1cccc(-n2cnnc2)n1)N1CCCN(C2CCOC2)CC1. The van der Waals surface area contributed by atoms with Crippen molar-refractivity contribution in [2.45, 2.75) is 18.9 Å². The molecule has 25 heavy (non-hydrogen) atoms. The van der Waals surface area contributed by atoms with Crippen LogP contribution in [-0.4, -0.2) is 80.9 Å². The third kappa shape index (κ3) is 3.54. The van der Waals surface area contributed by atoms with Crippen LogP contribution in [-0.2, 0) is 4.74 Å². The Bertz CT molecular complexity index is 714. The first kappa shape index (κ1) is 16.2. The molecule has 1 unspecified atom stereocenters. The van der Waals surface area contributed by atoms with Gasteiger partial charge in [0.2, 0.25) is 0 Å². The van der Waals surface area contributed by atoms with E-state index < -0.39 is 0 Å². The maximum Gasteiger partial charge on any atom is 0.272 e. The highest BCUT2D eigenvalue weighted by molar-refractivity contribution is 5.92. The number of nitrogens with zero attached hydrogens (tertiary/aromatic N) is 6. The molecule has 2 aliphatic heterocycles. The van der Waals surface area contributed by atoms with Gasteiger partial charge in [-0.15, -0.1) is 10.2 Å². The average molecular weight is 342 g/mol. The molecule has 0 radical (unpaired) electrons. The molecule has 2 aromatic rings. The quantitative estimate of drug-likeness (QED) is 0.813. The molecule has 2 aliphatic rings. The van der Waals surface area contributed by atoms with E-state index in [0.29, 0.717) is 17.6 Å². The summed E-state index contributed by atoms with van der Waals surface area (Å²) in [7, 11) is 0. The molecule has 8 nitrogen and oxygen atoms in total. The zero-order chi connectivity index (χ0) is 17.1. The second-order valence-electron chi connectivity index (χ2n) is 6.45. The number of carbonyl (C=O) groups excluding carboxylic acids is 1. The van der Waals surface area contributed by atoms with Gasteiger partial charge in [-0.2, -0.15) is 0 Å². The van der Waals surface area contributed by atoms with Gasteiger partial charge in [0.15, 0.2) is 0 Å². The number of rotatable bonds is 3. The normalized spacial score (nSPS) is 22.1. The number of carbonyl (C=O) groups is 1. The molecular formula is C17H22N6O2. The fourth-order valence-corrected chi connectivity index (χ4v) is 3.48. The first-order valence-electron chi connectivity index (χ1n) is 8.74. The van der Waals surface area contributed by atoms with Gasteiger partial charge < -0.3 is 9.64 Å². The topological polar surface area (TPSA) is 76.4 Å². The van der Waals surface area contributed by atoms with Crippen molar-refractivity contribution in [1.82, 2.24) is 29.5 Å². The Kier molecular flexibility index (Phi) is 4.71. The number of ether oxygens (including phenoxy) is 1. The molecule has 2 saturated heterocycles. The third-order valence-corrected chi connectivity index (χ3v) is 4.88.